The van der Waals surface area contributed by atoms with E-state index in [4.69, 9.17) is 9.97 Å². The van der Waals surface area contributed by atoms with E-state index < -0.39 is 13.3 Å². The number of benzene rings is 7. The Morgan fingerprint density at radius 3 is 1.86 bits per heavy atom. The van der Waals surface area contributed by atoms with Gasteiger partial charge in [-0.15, -0.1) is 0 Å². The molecule has 4 heterocycles. The van der Waals surface area contributed by atoms with Crippen molar-refractivity contribution >= 4 is 84.2 Å². The fraction of sp³-hybridized carbons (Fsp3) is 0. The van der Waals surface area contributed by atoms with Crippen LogP contribution in [0.25, 0.3) is 70.4 Å². The van der Waals surface area contributed by atoms with E-state index in [9.17, 15) is 0 Å². The Bertz CT molecular complexity index is 2930. The minimum absolute atomic E-state index is 0.742. The summed E-state index contributed by atoms with van der Waals surface area (Å²) >= 11 is -1.88. The third-order valence-electron chi connectivity index (χ3n) is 10.7. The van der Waals surface area contributed by atoms with E-state index in [-0.39, 0.29) is 0 Å². The van der Waals surface area contributed by atoms with Crippen molar-refractivity contribution in [2.45, 2.75) is 0 Å². The van der Waals surface area contributed by atoms with Gasteiger partial charge in [-0.1, -0.05) is 0 Å². The van der Waals surface area contributed by atoms with E-state index in [1.807, 2.05) is 11.3 Å². The molecule has 0 N–H and O–H groups in total. The Morgan fingerprint density at radius 2 is 1.10 bits per heavy atom. The van der Waals surface area contributed by atoms with Gasteiger partial charge in [-0.05, 0) is 0 Å². The first-order chi connectivity index (χ1) is 25.3. The van der Waals surface area contributed by atoms with E-state index in [0.29, 0.717) is 0 Å². The first-order valence-electron chi connectivity index (χ1n) is 17.3. The van der Waals surface area contributed by atoms with Crippen LogP contribution in [0.2, 0.25) is 0 Å². The zero-order valence-electron chi connectivity index (χ0n) is 27.5. The summed E-state index contributed by atoms with van der Waals surface area (Å²) in [5.74, 6) is 1.72. The van der Waals surface area contributed by atoms with Gasteiger partial charge in [0.25, 0.3) is 0 Å². The average Bonchev–Trinajstić information content (AvgIpc) is 3.85. The van der Waals surface area contributed by atoms with E-state index in [1.165, 1.54) is 59.6 Å². The van der Waals surface area contributed by atoms with Gasteiger partial charge in [0.15, 0.2) is 0 Å². The second kappa shape index (κ2) is 11.1. The second-order valence-corrected chi connectivity index (χ2v) is 22.1. The van der Waals surface area contributed by atoms with Crippen molar-refractivity contribution in [2.24, 2.45) is 0 Å². The molecular weight excluding hydrogens is 699 g/mol. The Kier molecular flexibility index (Phi) is 6.30. The molecule has 0 bridgehead atoms. The summed E-state index contributed by atoms with van der Waals surface area (Å²) in [6, 6.07) is 64.3. The molecule has 0 atom stereocenters. The third-order valence-corrected chi connectivity index (χ3v) is 22.0. The predicted octanol–water partition coefficient (Wildman–Crippen LogP) is 8.97. The van der Waals surface area contributed by atoms with Gasteiger partial charge in [-0.2, -0.15) is 0 Å². The normalized spacial score (nSPS) is 13.3. The van der Waals surface area contributed by atoms with Crippen LogP contribution >= 0.6 is 11.3 Å². The van der Waals surface area contributed by atoms with Crippen LogP contribution in [0.15, 0.2) is 176 Å². The molecule has 10 aromatic rings. The van der Waals surface area contributed by atoms with E-state index in [1.54, 1.807) is 0 Å². The van der Waals surface area contributed by atoms with Crippen molar-refractivity contribution in [3.8, 4) is 28.5 Å². The van der Waals surface area contributed by atoms with Crippen LogP contribution in [-0.2, 0) is 0 Å². The number of fused-ring (bicyclic) bond motifs is 10. The van der Waals surface area contributed by atoms with Crippen molar-refractivity contribution in [3.63, 3.8) is 0 Å². The van der Waals surface area contributed by atoms with E-state index >= 15 is 0 Å². The Labute approximate surface area is 301 Å². The summed E-state index contributed by atoms with van der Waals surface area (Å²) in [4.78, 5) is 11.3. The van der Waals surface area contributed by atoms with Crippen molar-refractivity contribution in [1.82, 2.24) is 14.5 Å². The molecule has 0 saturated carbocycles. The van der Waals surface area contributed by atoms with Gasteiger partial charge in [-0.25, -0.2) is 0 Å². The molecule has 0 aliphatic carbocycles. The van der Waals surface area contributed by atoms with Crippen molar-refractivity contribution in [1.29, 1.82) is 0 Å². The zero-order valence-corrected chi connectivity index (χ0v) is 30.4. The predicted molar refractivity (Wildman–Crippen MR) is 217 cm³/mol. The third kappa shape index (κ3) is 4.00. The molecule has 1 aliphatic heterocycles. The Balaban J connectivity index is 1.38. The molecule has 0 amide bonds. The standard InChI is InChI=1S/C46H29GeN3S/c1-4-16-30(17-5-1)45-48-44-33-22-10-13-25-36(33)47(31-18-6-2-7-19-31,32-20-8-3-9-21-32)43(44)46(49-45)50-37-26-14-11-23-34(37)41-38(50)28-29-40-42(41)35-24-12-15-27-39(35)51-40/h1-29H. The van der Waals surface area contributed by atoms with Crippen LogP contribution in [0.5, 0.6) is 0 Å². The molecule has 3 aromatic heterocycles. The second-order valence-electron chi connectivity index (χ2n) is 13.3. The summed E-state index contributed by atoms with van der Waals surface area (Å²) in [5, 5.41) is 5.14. The summed E-state index contributed by atoms with van der Waals surface area (Å²) in [6.07, 6.45) is 0. The molecule has 5 heteroatoms. The summed E-state index contributed by atoms with van der Waals surface area (Å²) in [5.41, 5.74) is 5.60. The number of hydrogen-bond donors (Lipinski definition) is 0. The average molecular weight is 728 g/mol. The SMILES string of the molecule is c1ccc(-c2nc3[c](c(-n4c5ccccc5c5c6c(ccc54)sc4ccccc46)n2)[Ge]([c]2ccccc2)([c]2ccccc2)[c]2ccccc2-3)cc1. The maximum atomic E-state index is 5.72. The molecule has 11 rings (SSSR count). The topological polar surface area (TPSA) is 30.7 Å². The van der Waals surface area contributed by atoms with Gasteiger partial charge < -0.3 is 0 Å². The van der Waals surface area contributed by atoms with Crippen molar-refractivity contribution in [3.05, 3.63) is 176 Å². The monoisotopic (exact) mass is 729 g/mol. The molecule has 51 heavy (non-hydrogen) atoms. The van der Waals surface area contributed by atoms with Gasteiger partial charge in [0, 0.05) is 0 Å². The molecular formula is C46H29GeN3S. The first-order valence-corrected chi connectivity index (χ1v) is 22.4. The van der Waals surface area contributed by atoms with Crippen molar-refractivity contribution in [2.75, 3.05) is 0 Å². The summed E-state index contributed by atoms with van der Waals surface area (Å²) in [6.45, 7) is 0. The molecule has 0 radical (unpaired) electrons. The van der Waals surface area contributed by atoms with E-state index in [0.717, 1.165) is 28.4 Å². The Hall–Kier alpha value is -5.82. The fourth-order valence-corrected chi connectivity index (χ4v) is 20.7. The summed E-state index contributed by atoms with van der Waals surface area (Å²) < 4.78 is 10.5. The van der Waals surface area contributed by atoms with Crippen LogP contribution in [0, 0.1) is 0 Å². The maximum absolute atomic E-state index is 5.72. The van der Waals surface area contributed by atoms with Crippen LogP contribution < -0.4 is 17.6 Å². The van der Waals surface area contributed by atoms with Gasteiger partial charge in [0.05, 0.1) is 0 Å². The number of thiophene rings is 1. The zero-order chi connectivity index (χ0) is 33.5. The molecule has 0 unspecified atom stereocenters. The van der Waals surface area contributed by atoms with Crippen LogP contribution in [0.4, 0.5) is 0 Å². The molecule has 3 nitrogen and oxygen atoms in total. The quantitative estimate of drug-likeness (QED) is 0.170. The van der Waals surface area contributed by atoms with Crippen LogP contribution in [0.3, 0.4) is 0 Å². The van der Waals surface area contributed by atoms with Gasteiger partial charge in [-0.3, -0.25) is 0 Å². The number of para-hydroxylation sites is 1. The molecule has 0 spiro atoms. The summed E-state index contributed by atoms with van der Waals surface area (Å²) in [7, 11) is 0. The number of rotatable bonds is 4. The molecule has 0 fully saturated rings. The Morgan fingerprint density at radius 1 is 0.471 bits per heavy atom. The van der Waals surface area contributed by atoms with Gasteiger partial charge in [0.1, 0.15) is 0 Å². The van der Waals surface area contributed by atoms with Crippen LogP contribution in [-0.4, -0.2) is 27.8 Å². The van der Waals surface area contributed by atoms with Crippen molar-refractivity contribution < 1.29 is 0 Å². The minimum atomic E-state index is -3.75. The number of nitrogens with zero attached hydrogens (tertiary/aromatic N) is 3. The molecule has 0 saturated heterocycles. The van der Waals surface area contributed by atoms with Crippen LogP contribution in [0.1, 0.15) is 0 Å². The number of hydrogen-bond acceptors (Lipinski definition) is 3. The molecule has 1 aliphatic rings. The van der Waals surface area contributed by atoms with E-state index in [2.05, 4.69) is 180 Å². The van der Waals surface area contributed by atoms with Gasteiger partial charge >= 0.3 is 303 Å². The molecule has 238 valence electrons. The fourth-order valence-electron chi connectivity index (χ4n) is 8.66. The molecule has 7 aromatic carbocycles. The van der Waals surface area contributed by atoms with Gasteiger partial charge in [0.2, 0.25) is 0 Å². The first kappa shape index (κ1) is 29.0. The number of aromatic nitrogens is 3.